The van der Waals surface area contributed by atoms with E-state index in [1.165, 1.54) is 91.6 Å². The van der Waals surface area contributed by atoms with Gasteiger partial charge in [-0.2, -0.15) is 0 Å². The number of hydrogen-bond acceptors (Lipinski definition) is 4. The molecule has 4 heterocycles. The highest BCUT2D eigenvalue weighted by atomic mass is 32.1. The lowest BCUT2D eigenvalue weighted by Gasteiger charge is -2.42. The van der Waals surface area contributed by atoms with E-state index in [4.69, 9.17) is 0 Å². The van der Waals surface area contributed by atoms with Gasteiger partial charge in [-0.1, -0.05) is 118 Å². The van der Waals surface area contributed by atoms with Crippen molar-refractivity contribution >= 4 is 98.7 Å². The highest BCUT2D eigenvalue weighted by molar-refractivity contribution is 7.40. The van der Waals surface area contributed by atoms with Crippen molar-refractivity contribution in [2.45, 2.75) is 33.1 Å². The molecule has 0 unspecified atom stereocenters. The van der Waals surface area contributed by atoms with Gasteiger partial charge in [-0.15, -0.1) is 22.7 Å². The van der Waals surface area contributed by atoms with Crippen molar-refractivity contribution in [1.29, 1.82) is 0 Å². The summed E-state index contributed by atoms with van der Waals surface area (Å²) in [5, 5.41) is 2.63. The van der Waals surface area contributed by atoms with Gasteiger partial charge in [0.15, 0.2) is 0 Å². The summed E-state index contributed by atoms with van der Waals surface area (Å²) in [4.78, 5) is 5.15. The molecule has 6 aromatic carbocycles. The number of para-hydroxylation sites is 2. The highest BCUT2D eigenvalue weighted by Gasteiger charge is 2.47. The van der Waals surface area contributed by atoms with E-state index in [1.54, 1.807) is 0 Å². The van der Waals surface area contributed by atoms with E-state index in [0.717, 1.165) is 0 Å². The van der Waals surface area contributed by atoms with E-state index < -0.39 is 0 Å². The number of thiophene rings is 2. The lowest BCUT2D eigenvalue weighted by Crippen LogP contribution is -2.59. The van der Waals surface area contributed by atoms with Gasteiger partial charge in [-0.25, -0.2) is 0 Å². The molecular formula is C45H35BN2S2. The standard InChI is InChI=1S/C45H35BN2S2/c1-28-26-36-40-37(27-28)48(35-19-11-8-16-32(35)29-22-24-30(25-23-29)45(2,3)4)42-34-18-10-13-21-39(34)50-44(42)46(40)43-41(33-17-9-12-20-38(33)49-43)47(36)31-14-6-5-7-15-31/h5-27H,1-4H3. The fraction of sp³-hybridized carbons (Fsp3) is 0.111. The Kier molecular flexibility index (Phi) is 6.53. The van der Waals surface area contributed by atoms with E-state index in [1.807, 2.05) is 22.7 Å². The molecule has 2 aliphatic heterocycles. The van der Waals surface area contributed by atoms with E-state index >= 15 is 0 Å². The monoisotopic (exact) mass is 678 g/mol. The average Bonchev–Trinajstić information content (AvgIpc) is 3.71. The number of fused-ring (bicyclic) bond motifs is 8. The third-order valence-corrected chi connectivity index (χ3v) is 12.9. The summed E-state index contributed by atoms with van der Waals surface area (Å²) in [6.45, 7) is 9.24. The first kappa shape index (κ1) is 29.8. The second-order valence-corrected chi connectivity index (χ2v) is 16.8. The maximum Gasteiger partial charge on any atom is 0.277 e. The molecule has 2 nitrogen and oxygen atoms in total. The van der Waals surface area contributed by atoms with E-state index in [0.29, 0.717) is 0 Å². The predicted octanol–water partition coefficient (Wildman–Crippen LogP) is 11.5. The number of benzene rings is 6. The molecule has 0 atom stereocenters. The zero-order chi connectivity index (χ0) is 33.7. The second-order valence-electron chi connectivity index (χ2n) is 14.6. The summed E-state index contributed by atoms with van der Waals surface area (Å²) in [6, 6.07) is 52.0. The van der Waals surface area contributed by atoms with Crippen LogP contribution >= 0.6 is 22.7 Å². The Bertz CT molecular complexity index is 2610. The molecule has 0 fully saturated rings. The largest absolute Gasteiger partial charge is 0.310 e. The van der Waals surface area contributed by atoms with Crippen molar-refractivity contribution in [3.63, 3.8) is 0 Å². The van der Waals surface area contributed by atoms with Crippen LogP contribution in [0.25, 0.3) is 31.3 Å². The zero-order valence-electron chi connectivity index (χ0n) is 28.6. The first-order valence-corrected chi connectivity index (χ1v) is 19.0. The van der Waals surface area contributed by atoms with Gasteiger partial charge in [0.2, 0.25) is 0 Å². The van der Waals surface area contributed by atoms with Crippen molar-refractivity contribution in [2.75, 3.05) is 9.80 Å². The molecular weight excluding hydrogens is 643 g/mol. The molecule has 50 heavy (non-hydrogen) atoms. The van der Waals surface area contributed by atoms with Gasteiger partial charge in [-0.3, -0.25) is 0 Å². The van der Waals surface area contributed by atoms with Gasteiger partial charge in [0.25, 0.3) is 6.71 Å². The summed E-state index contributed by atoms with van der Waals surface area (Å²) in [6.07, 6.45) is 0. The van der Waals surface area contributed by atoms with Gasteiger partial charge in [0.1, 0.15) is 0 Å². The Morgan fingerprint density at radius 1 is 0.540 bits per heavy atom. The maximum absolute atomic E-state index is 2.60. The number of rotatable bonds is 3. The molecule has 0 bridgehead atoms. The molecule has 0 spiro atoms. The molecule has 0 radical (unpaired) electrons. The number of aryl methyl sites for hydroxylation is 1. The van der Waals surface area contributed by atoms with Crippen LogP contribution in [0.1, 0.15) is 31.9 Å². The molecule has 0 aliphatic carbocycles. The minimum absolute atomic E-state index is 0.0983. The van der Waals surface area contributed by atoms with E-state index in [9.17, 15) is 0 Å². The van der Waals surface area contributed by atoms with Crippen LogP contribution in [0.4, 0.5) is 34.1 Å². The quantitative estimate of drug-likeness (QED) is 0.172. The molecule has 0 N–H and O–H groups in total. The Morgan fingerprint density at radius 3 is 1.72 bits per heavy atom. The molecule has 240 valence electrons. The Balaban J connectivity index is 1.31. The number of nitrogens with zero attached hydrogens (tertiary/aromatic N) is 2. The van der Waals surface area contributed by atoms with Crippen LogP contribution in [0.15, 0.2) is 140 Å². The van der Waals surface area contributed by atoms with Gasteiger partial charge >= 0.3 is 0 Å². The Morgan fingerprint density at radius 2 is 1.08 bits per heavy atom. The molecule has 0 saturated carbocycles. The molecule has 10 rings (SSSR count). The summed E-state index contributed by atoms with van der Waals surface area (Å²) < 4.78 is 5.50. The summed E-state index contributed by atoms with van der Waals surface area (Å²) >= 11 is 3.93. The van der Waals surface area contributed by atoms with Crippen LogP contribution in [0, 0.1) is 6.92 Å². The van der Waals surface area contributed by atoms with Gasteiger partial charge in [0, 0.05) is 52.4 Å². The molecule has 2 aromatic heterocycles. The third-order valence-electron chi connectivity index (χ3n) is 10.4. The minimum Gasteiger partial charge on any atom is -0.310 e. The Hall–Kier alpha value is -5.10. The topological polar surface area (TPSA) is 6.48 Å². The summed E-state index contributed by atoms with van der Waals surface area (Å²) in [5.74, 6) is 0. The lowest BCUT2D eigenvalue weighted by atomic mass is 9.39. The highest BCUT2D eigenvalue weighted by Crippen LogP contribution is 2.51. The Labute approximate surface area is 302 Å². The van der Waals surface area contributed by atoms with Gasteiger partial charge < -0.3 is 9.80 Å². The molecule has 0 amide bonds. The van der Waals surface area contributed by atoms with Gasteiger partial charge in [-0.05, 0) is 77.0 Å². The van der Waals surface area contributed by atoms with E-state index in [2.05, 4.69) is 177 Å². The van der Waals surface area contributed by atoms with Crippen molar-refractivity contribution in [3.05, 3.63) is 151 Å². The van der Waals surface area contributed by atoms with Crippen LogP contribution < -0.4 is 24.8 Å². The van der Waals surface area contributed by atoms with Crippen molar-refractivity contribution < 1.29 is 0 Å². The molecule has 2 aliphatic rings. The fourth-order valence-corrected chi connectivity index (χ4v) is 10.9. The van der Waals surface area contributed by atoms with Crippen molar-refractivity contribution in [3.8, 4) is 11.1 Å². The van der Waals surface area contributed by atoms with Crippen LogP contribution in [0.5, 0.6) is 0 Å². The molecule has 5 heteroatoms. The van der Waals surface area contributed by atoms with Crippen LogP contribution in [0.3, 0.4) is 0 Å². The van der Waals surface area contributed by atoms with Crippen molar-refractivity contribution in [1.82, 2.24) is 0 Å². The van der Waals surface area contributed by atoms with Crippen LogP contribution in [-0.4, -0.2) is 6.71 Å². The SMILES string of the molecule is Cc1cc2c3c(c1)N(c1ccccc1-c1ccc(C(C)(C)C)cc1)c1c(sc4ccccc14)B3c1sc3ccccc3c1N2c1ccccc1. The lowest BCUT2D eigenvalue weighted by molar-refractivity contribution is 0.590. The summed E-state index contributed by atoms with van der Waals surface area (Å²) in [5.41, 5.74) is 14.1. The number of hydrogen-bond donors (Lipinski definition) is 0. The molecule has 8 aromatic rings. The second kappa shape index (κ2) is 11.0. The minimum atomic E-state index is 0.0983. The average molecular weight is 679 g/mol. The fourth-order valence-electron chi connectivity index (χ4n) is 8.16. The number of anilines is 6. The van der Waals surface area contributed by atoms with Crippen molar-refractivity contribution in [2.24, 2.45) is 0 Å². The van der Waals surface area contributed by atoms with Crippen LogP contribution in [-0.2, 0) is 5.41 Å². The zero-order valence-corrected chi connectivity index (χ0v) is 30.2. The first-order valence-electron chi connectivity index (χ1n) is 17.4. The normalized spacial score (nSPS) is 13.5. The van der Waals surface area contributed by atoms with Crippen LogP contribution in [0.2, 0.25) is 0 Å². The van der Waals surface area contributed by atoms with Gasteiger partial charge in [0.05, 0.1) is 17.1 Å². The summed E-state index contributed by atoms with van der Waals surface area (Å²) in [7, 11) is 0. The third kappa shape index (κ3) is 4.33. The predicted molar refractivity (Wildman–Crippen MR) is 220 cm³/mol. The first-order chi connectivity index (χ1) is 24.4. The molecule has 0 saturated heterocycles. The van der Waals surface area contributed by atoms with E-state index in [-0.39, 0.29) is 12.1 Å². The maximum atomic E-state index is 2.60. The smallest absolute Gasteiger partial charge is 0.277 e.